The second kappa shape index (κ2) is 16.3. The van der Waals surface area contributed by atoms with Crippen LogP contribution in [-0.4, -0.2) is 43.5 Å². The monoisotopic (exact) mass is 427 g/mol. The Hall–Kier alpha value is -2.48. The molecular formula is C23H33N5OS. The van der Waals surface area contributed by atoms with E-state index in [1.807, 2.05) is 44.4 Å². The molecule has 0 spiro atoms. The number of hydrogen-bond donors (Lipinski definition) is 2. The molecule has 0 radical (unpaired) electrons. The lowest BCUT2D eigenvalue weighted by Gasteiger charge is -2.11. The van der Waals surface area contributed by atoms with Gasteiger partial charge in [0, 0.05) is 37.8 Å². The molecule has 0 fully saturated rings. The maximum absolute atomic E-state index is 5.94. The summed E-state index contributed by atoms with van der Waals surface area (Å²) in [6, 6.07) is 3.90. The van der Waals surface area contributed by atoms with Gasteiger partial charge in [-0.3, -0.25) is 20.0 Å². The minimum atomic E-state index is -0.0970. The summed E-state index contributed by atoms with van der Waals surface area (Å²) in [4.78, 5) is 12.3. The maximum Gasteiger partial charge on any atom is 0.214 e. The van der Waals surface area contributed by atoms with Gasteiger partial charge in [0.1, 0.15) is 6.10 Å². The first-order valence-corrected chi connectivity index (χ1v) is 11.0. The molecule has 6 nitrogen and oxygen atoms in total. The van der Waals surface area contributed by atoms with Gasteiger partial charge in [-0.05, 0) is 62.1 Å². The number of allylic oxidation sites excluding steroid dienone is 4. The molecule has 1 unspecified atom stereocenters. The number of hydrogen-bond acceptors (Lipinski definition) is 7. The van der Waals surface area contributed by atoms with Crippen molar-refractivity contribution in [3.63, 3.8) is 0 Å². The van der Waals surface area contributed by atoms with E-state index in [9.17, 15) is 0 Å². The maximum atomic E-state index is 5.94. The Labute approximate surface area is 185 Å². The van der Waals surface area contributed by atoms with E-state index in [-0.39, 0.29) is 6.10 Å². The first-order valence-electron chi connectivity index (χ1n) is 9.79. The highest BCUT2D eigenvalue weighted by atomic mass is 32.2. The van der Waals surface area contributed by atoms with Crippen molar-refractivity contribution in [2.45, 2.75) is 32.9 Å². The van der Waals surface area contributed by atoms with E-state index >= 15 is 0 Å². The Morgan fingerprint density at radius 1 is 1.43 bits per heavy atom. The fraction of sp³-hybridized carbons (Fsp3) is 0.348. The van der Waals surface area contributed by atoms with Gasteiger partial charge in [0.25, 0.3) is 0 Å². The van der Waals surface area contributed by atoms with E-state index < -0.39 is 0 Å². The van der Waals surface area contributed by atoms with E-state index in [0.29, 0.717) is 19.1 Å². The van der Waals surface area contributed by atoms with Crippen LogP contribution in [0.25, 0.3) is 0 Å². The van der Waals surface area contributed by atoms with Crippen molar-refractivity contribution in [3.05, 3.63) is 72.1 Å². The van der Waals surface area contributed by atoms with Crippen molar-refractivity contribution < 1.29 is 4.74 Å². The molecule has 0 saturated carbocycles. The molecule has 0 amide bonds. The van der Waals surface area contributed by atoms with Gasteiger partial charge in [-0.2, -0.15) is 0 Å². The largest absolute Gasteiger partial charge is 0.470 e. The Kier molecular flexibility index (Phi) is 13.9. The van der Waals surface area contributed by atoms with Gasteiger partial charge in [0.05, 0.1) is 6.67 Å². The third-order valence-corrected chi connectivity index (χ3v) is 4.29. The van der Waals surface area contributed by atoms with E-state index in [1.165, 1.54) is 5.57 Å². The molecule has 0 saturated heterocycles. The summed E-state index contributed by atoms with van der Waals surface area (Å²) < 4.78 is 9.19. The minimum Gasteiger partial charge on any atom is -0.470 e. The van der Waals surface area contributed by atoms with Crippen molar-refractivity contribution in [2.24, 2.45) is 9.98 Å². The number of aliphatic imine (C=N–C) groups is 2. The normalized spacial score (nSPS) is 13.7. The summed E-state index contributed by atoms with van der Waals surface area (Å²) in [6.07, 6.45) is 16.0. The quantitative estimate of drug-likeness (QED) is 0.187. The molecule has 2 N–H and O–H groups in total. The van der Waals surface area contributed by atoms with Crippen LogP contribution < -0.4 is 14.8 Å². The Bertz CT molecular complexity index is 771. The van der Waals surface area contributed by atoms with Gasteiger partial charge in [0.15, 0.2) is 0 Å². The van der Waals surface area contributed by atoms with Gasteiger partial charge in [-0.25, -0.2) is 4.98 Å². The highest BCUT2D eigenvalue weighted by Crippen LogP contribution is 2.13. The number of nitrogens with zero attached hydrogens (tertiary/aromatic N) is 3. The molecule has 1 aromatic heterocycles. The molecule has 0 aliphatic carbocycles. The topological polar surface area (TPSA) is 70.9 Å². The van der Waals surface area contributed by atoms with Crippen LogP contribution in [-0.2, 0) is 6.54 Å². The standard InChI is InChI=1S/C23H33N5OS/c1-6-7-21(11-13-28-30-5)9-8-20(3)29-23-14-22(10-12-27-23)17-26-18-25-16-19(2)15-24-4/h6-10,12,14-16,20,26,28H,1,4,11,13,17-18H2,2-3,5H3/b9-8-,19-15-,21-7+,25-16-. The zero-order valence-electron chi connectivity index (χ0n) is 18.2. The lowest BCUT2D eigenvalue weighted by molar-refractivity contribution is 0.258. The van der Waals surface area contributed by atoms with E-state index in [4.69, 9.17) is 4.74 Å². The van der Waals surface area contributed by atoms with Crippen LogP contribution >= 0.6 is 11.9 Å². The Morgan fingerprint density at radius 2 is 2.27 bits per heavy atom. The number of ether oxygens (including phenoxy) is 1. The fourth-order valence-corrected chi connectivity index (χ4v) is 2.72. The molecule has 7 heteroatoms. The van der Waals surface area contributed by atoms with Gasteiger partial charge < -0.3 is 4.74 Å². The van der Waals surface area contributed by atoms with Gasteiger partial charge in [0.2, 0.25) is 5.88 Å². The highest BCUT2D eigenvalue weighted by Gasteiger charge is 2.03. The number of nitrogens with one attached hydrogen (secondary N) is 2. The molecule has 0 bridgehead atoms. The molecule has 1 rings (SSSR count). The molecule has 30 heavy (non-hydrogen) atoms. The molecular weight excluding hydrogens is 394 g/mol. The second-order valence-electron chi connectivity index (χ2n) is 6.46. The summed E-state index contributed by atoms with van der Waals surface area (Å²) in [7, 11) is 0. The van der Waals surface area contributed by atoms with Crippen molar-refractivity contribution >= 4 is 24.9 Å². The number of aromatic nitrogens is 1. The fourth-order valence-electron chi connectivity index (χ4n) is 2.42. The summed E-state index contributed by atoms with van der Waals surface area (Å²) >= 11 is 1.62. The Morgan fingerprint density at radius 3 is 3.00 bits per heavy atom. The van der Waals surface area contributed by atoms with E-state index in [0.717, 1.165) is 24.1 Å². The molecule has 1 aromatic rings. The van der Waals surface area contributed by atoms with Crippen LogP contribution in [0.15, 0.2) is 76.5 Å². The Balaban J connectivity index is 2.53. The summed E-state index contributed by atoms with van der Waals surface area (Å²) in [5.74, 6) is 0.601. The van der Waals surface area contributed by atoms with Crippen LogP contribution in [0.1, 0.15) is 25.8 Å². The van der Waals surface area contributed by atoms with Crippen molar-refractivity contribution in [1.82, 2.24) is 15.0 Å². The molecule has 0 aliphatic rings. The van der Waals surface area contributed by atoms with Crippen molar-refractivity contribution in [2.75, 3.05) is 19.5 Å². The molecule has 0 aromatic carbocycles. The lowest BCUT2D eigenvalue weighted by Crippen LogP contribution is -2.14. The number of rotatable bonds is 15. The molecule has 162 valence electrons. The summed E-state index contributed by atoms with van der Waals surface area (Å²) in [6.45, 7) is 13.2. The minimum absolute atomic E-state index is 0.0970. The lowest BCUT2D eigenvalue weighted by atomic mass is 10.1. The average Bonchev–Trinajstić information content (AvgIpc) is 2.72. The predicted octanol–water partition coefficient (Wildman–Crippen LogP) is 4.50. The van der Waals surface area contributed by atoms with E-state index in [2.05, 4.69) is 44.4 Å². The second-order valence-corrected chi connectivity index (χ2v) is 7.16. The number of pyridine rings is 1. The zero-order valence-corrected chi connectivity index (χ0v) is 19.0. The van der Waals surface area contributed by atoms with Crippen molar-refractivity contribution in [3.8, 4) is 5.88 Å². The first kappa shape index (κ1) is 25.6. The third kappa shape index (κ3) is 12.2. The third-order valence-electron chi connectivity index (χ3n) is 3.80. The zero-order chi connectivity index (χ0) is 22.0. The summed E-state index contributed by atoms with van der Waals surface area (Å²) in [5.41, 5.74) is 3.24. The highest BCUT2D eigenvalue weighted by molar-refractivity contribution is 7.96. The van der Waals surface area contributed by atoms with Crippen LogP contribution in [0.2, 0.25) is 0 Å². The van der Waals surface area contributed by atoms with Crippen LogP contribution in [0.5, 0.6) is 5.88 Å². The first-order chi connectivity index (χ1) is 14.6. The van der Waals surface area contributed by atoms with Crippen molar-refractivity contribution in [1.29, 1.82) is 0 Å². The molecule has 1 heterocycles. The predicted molar refractivity (Wildman–Crippen MR) is 131 cm³/mol. The van der Waals surface area contributed by atoms with Gasteiger partial charge in [-0.15, -0.1) is 0 Å². The SMILES string of the molecule is C=C/C=C(\C=C/C(C)Oc1cc(CNC/N=C\C(C)=C/N=C)ccn1)CCNSC. The van der Waals surface area contributed by atoms with Gasteiger partial charge >= 0.3 is 0 Å². The van der Waals surface area contributed by atoms with Crippen LogP contribution in [0.3, 0.4) is 0 Å². The van der Waals surface area contributed by atoms with Gasteiger partial charge in [-0.1, -0.05) is 36.8 Å². The molecule has 1 atom stereocenters. The summed E-state index contributed by atoms with van der Waals surface area (Å²) in [5, 5.41) is 3.26. The molecule has 0 aliphatic heterocycles. The van der Waals surface area contributed by atoms with Crippen LogP contribution in [0.4, 0.5) is 0 Å². The smallest absolute Gasteiger partial charge is 0.214 e. The average molecular weight is 428 g/mol. The van der Waals surface area contributed by atoms with Crippen LogP contribution in [0, 0.1) is 0 Å². The van der Waals surface area contributed by atoms with E-state index in [1.54, 1.807) is 36.6 Å².